The number of ether oxygens (including phenoxy) is 2. The second kappa shape index (κ2) is 11.7. The van der Waals surface area contributed by atoms with Crippen molar-refractivity contribution in [2.45, 2.75) is 69.9 Å². The Bertz CT molecular complexity index is 1260. The van der Waals surface area contributed by atoms with E-state index < -0.39 is 12.2 Å². The van der Waals surface area contributed by atoms with Crippen molar-refractivity contribution >= 4 is 17.3 Å². The summed E-state index contributed by atoms with van der Waals surface area (Å²) in [6.07, 6.45) is 6.05. The molecule has 2 fully saturated rings. The number of nitrogens with zero attached hydrogens (tertiary/aromatic N) is 5. The normalized spacial score (nSPS) is 22.5. The van der Waals surface area contributed by atoms with Gasteiger partial charge in [-0.1, -0.05) is 0 Å². The fourth-order valence-corrected chi connectivity index (χ4v) is 5.34. The Hall–Kier alpha value is -2.93. The molecule has 3 N–H and O–H groups in total. The van der Waals surface area contributed by atoms with Gasteiger partial charge in [0.05, 0.1) is 36.6 Å². The first kappa shape index (κ1) is 27.6. The highest BCUT2D eigenvalue weighted by atomic mass is 19.3. The molecule has 0 aromatic carbocycles. The third kappa shape index (κ3) is 6.46. The number of hydrogen-bond donors (Lipinski definition) is 3. The molecule has 2 aliphatic rings. The smallest absolute Gasteiger partial charge is 0.345 e. The number of anilines is 2. The summed E-state index contributed by atoms with van der Waals surface area (Å²) in [5.41, 5.74) is 2.79. The summed E-state index contributed by atoms with van der Waals surface area (Å²) in [5, 5.41) is 28.2. The number of hydrogen-bond acceptors (Lipinski definition) is 9. The van der Waals surface area contributed by atoms with E-state index in [1.54, 1.807) is 26.2 Å². The van der Waals surface area contributed by atoms with Gasteiger partial charge in [-0.15, -0.1) is 5.10 Å². The Kier molecular flexibility index (Phi) is 8.27. The van der Waals surface area contributed by atoms with E-state index in [1.807, 2.05) is 16.6 Å². The molecule has 0 radical (unpaired) electrons. The lowest BCUT2D eigenvalue weighted by atomic mass is 9.85. The van der Waals surface area contributed by atoms with Crippen LogP contribution in [0.4, 0.5) is 20.5 Å². The molecule has 12 heteroatoms. The summed E-state index contributed by atoms with van der Waals surface area (Å²) >= 11 is 0. The minimum absolute atomic E-state index is 0.147. The topological polar surface area (TPSA) is 117 Å². The molecular formula is C27H36F2N6O4. The Morgan fingerprint density at radius 2 is 2.00 bits per heavy atom. The highest BCUT2D eigenvalue weighted by Gasteiger charge is 2.33. The second-order valence-electron chi connectivity index (χ2n) is 10.8. The molecule has 1 unspecified atom stereocenters. The number of pyridine rings is 1. The Morgan fingerprint density at radius 1 is 1.21 bits per heavy atom. The molecule has 212 valence electrons. The maximum Gasteiger partial charge on any atom is 0.345 e. The van der Waals surface area contributed by atoms with Gasteiger partial charge in [0.2, 0.25) is 5.95 Å². The van der Waals surface area contributed by atoms with Crippen LogP contribution < -0.4 is 10.2 Å². The van der Waals surface area contributed by atoms with Crippen molar-refractivity contribution in [3.05, 3.63) is 36.3 Å². The summed E-state index contributed by atoms with van der Waals surface area (Å²) in [6, 6.07) is 6.12. The maximum atomic E-state index is 12.3. The van der Waals surface area contributed by atoms with E-state index in [1.165, 1.54) is 0 Å². The Balaban J connectivity index is 1.46. The predicted octanol–water partition coefficient (Wildman–Crippen LogP) is 3.44. The molecule has 0 bridgehead atoms. The molecule has 10 nitrogen and oxygen atoms in total. The number of morpholine rings is 1. The standard InChI is InChI=1S/C27H36F2N6O4/c1-27(2,37)23-16-34(10-12-38-23)24-13-18(7-8-30-24)20-14-21(17-3-5-19(36)6-4-17)35-22(20)15-32-26(33-35)31-9-11-39-25(28)29/h7-8,13-15,17,19,23,25,36-37H,3-6,9-12,16H2,1-2H3,(H,31,33). The van der Waals surface area contributed by atoms with Gasteiger partial charge in [0, 0.05) is 43.0 Å². The fraction of sp³-hybridized carbons (Fsp3) is 0.593. The number of aliphatic hydroxyl groups excluding tert-OH is 1. The third-order valence-electron chi connectivity index (χ3n) is 7.52. The largest absolute Gasteiger partial charge is 0.393 e. The SMILES string of the molecule is CC(C)(O)C1CN(c2cc(-c3cc(C4CCC(O)CC4)n4nc(NCCOC(F)F)ncc34)ccn2)CCO1. The van der Waals surface area contributed by atoms with Gasteiger partial charge in [-0.2, -0.15) is 8.78 Å². The first-order valence-electron chi connectivity index (χ1n) is 13.4. The van der Waals surface area contributed by atoms with Gasteiger partial charge in [-0.3, -0.25) is 0 Å². The van der Waals surface area contributed by atoms with Crippen molar-refractivity contribution in [1.82, 2.24) is 19.6 Å². The lowest BCUT2D eigenvalue weighted by molar-refractivity contribution is -0.125. The molecule has 39 heavy (non-hydrogen) atoms. The van der Waals surface area contributed by atoms with Gasteiger partial charge in [-0.05, 0) is 63.3 Å². The molecule has 0 spiro atoms. The van der Waals surface area contributed by atoms with Crippen molar-refractivity contribution in [3.63, 3.8) is 0 Å². The van der Waals surface area contributed by atoms with Crippen LogP contribution in [0.5, 0.6) is 0 Å². The van der Waals surface area contributed by atoms with E-state index >= 15 is 0 Å². The Labute approximate surface area is 226 Å². The lowest BCUT2D eigenvalue weighted by Gasteiger charge is -2.39. The summed E-state index contributed by atoms with van der Waals surface area (Å²) in [4.78, 5) is 11.2. The lowest BCUT2D eigenvalue weighted by Crippen LogP contribution is -2.52. The van der Waals surface area contributed by atoms with Crippen molar-refractivity contribution in [2.24, 2.45) is 0 Å². The van der Waals surface area contributed by atoms with E-state index in [9.17, 15) is 19.0 Å². The first-order valence-corrected chi connectivity index (χ1v) is 13.4. The molecule has 1 aliphatic carbocycles. The van der Waals surface area contributed by atoms with Crippen molar-refractivity contribution < 1.29 is 28.5 Å². The van der Waals surface area contributed by atoms with Crippen LogP contribution in [0.3, 0.4) is 0 Å². The van der Waals surface area contributed by atoms with Gasteiger partial charge >= 0.3 is 6.61 Å². The number of alkyl halides is 2. The molecule has 1 saturated heterocycles. The Morgan fingerprint density at radius 3 is 2.74 bits per heavy atom. The number of aromatic nitrogens is 4. The number of fused-ring (bicyclic) bond motifs is 1. The van der Waals surface area contributed by atoms with Crippen molar-refractivity contribution in [1.29, 1.82) is 0 Å². The van der Waals surface area contributed by atoms with E-state index in [2.05, 4.69) is 31.0 Å². The predicted molar refractivity (Wildman–Crippen MR) is 142 cm³/mol. The zero-order valence-corrected chi connectivity index (χ0v) is 22.3. The quantitative estimate of drug-likeness (QED) is 0.347. The van der Waals surface area contributed by atoms with Crippen molar-refractivity contribution in [2.75, 3.05) is 43.1 Å². The summed E-state index contributed by atoms with van der Waals surface area (Å²) in [6.45, 7) is 2.35. The van der Waals surface area contributed by atoms with E-state index in [4.69, 9.17) is 9.84 Å². The van der Waals surface area contributed by atoms with Gasteiger partial charge in [0.15, 0.2) is 0 Å². The van der Waals surface area contributed by atoms with E-state index in [-0.39, 0.29) is 31.3 Å². The monoisotopic (exact) mass is 546 g/mol. The van der Waals surface area contributed by atoms with Crippen LogP contribution in [-0.4, -0.2) is 87.1 Å². The van der Waals surface area contributed by atoms with Crippen LogP contribution in [-0.2, 0) is 9.47 Å². The summed E-state index contributed by atoms with van der Waals surface area (Å²) in [5.74, 6) is 1.33. The summed E-state index contributed by atoms with van der Waals surface area (Å²) < 4.78 is 36.6. The molecule has 1 atom stereocenters. The molecular weight excluding hydrogens is 510 g/mol. The van der Waals surface area contributed by atoms with Crippen LogP contribution in [0.15, 0.2) is 30.6 Å². The van der Waals surface area contributed by atoms with E-state index in [0.717, 1.165) is 53.8 Å². The fourth-order valence-electron chi connectivity index (χ4n) is 5.34. The zero-order valence-electron chi connectivity index (χ0n) is 22.3. The number of halogens is 2. The number of nitrogens with one attached hydrogen (secondary N) is 1. The zero-order chi connectivity index (χ0) is 27.6. The van der Waals surface area contributed by atoms with Gasteiger partial charge < -0.3 is 29.9 Å². The highest BCUT2D eigenvalue weighted by Crippen LogP contribution is 2.38. The molecule has 1 aliphatic heterocycles. The van der Waals surface area contributed by atoms with Crippen LogP contribution in [0.2, 0.25) is 0 Å². The minimum Gasteiger partial charge on any atom is -0.393 e. The number of rotatable bonds is 9. The third-order valence-corrected chi connectivity index (χ3v) is 7.52. The van der Waals surface area contributed by atoms with Gasteiger partial charge in [0.1, 0.15) is 11.9 Å². The number of aliphatic hydroxyl groups is 2. The molecule has 3 aromatic rings. The van der Waals surface area contributed by atoms with Crippen LogP contribution in [0, 0.1) is 0 Å². The molecule has 4 heterocycles. The average Bonchev–Trinajstić information content (AvgIpc) is 3.30. The van der Waals surface area contributed by atoms with Crippen LogP contribution in [0.25, 0.3) is 16.6 Å². The van der Waals surface area contributed by atoms with Gasteiger partial charge in [-0.25, -0.2) is 14.5 Å². The minimum atomic E-state index is -2.82. The van der Waals surface area contributed by atoms with Gasteiger partial charge in [0.25, 0.3) is 0 Å². The summed E-state index contributed by atoms with van der Waals surface area (Å²) in [7, 11) is 0. The molecule has 5 rings (SSSR count). The highest BCUT2D eigenvalue weighted by molar-refractivity contribution is 5.82. The van der Waals surface area contributed by atoms with E-state index in [0.29, 0.717) is 25.6 Å². The molecule has 3 aromatic heterocycles. The molecule has 1 saturated carbocycles. The van der Waals surface area contributed by atoms with Crippen molar-refractivity contribution in [3.8, 4) is 11.1 Å². The maximum absolute atomic E-state index is 12.3. The average molecular weight is 547 g/mol. The molecule has 0 amide bonds. The second-order valence-corrected chi connectivity index (χ2v) is 10.8. The first-order chi connectivity index (χ1) is 18.7. The van der Waals surface area contributed by atoms with Crippen LogP contribution in [0.1, 0.15) is 51.1 Å². The van der Waals surface area contributed by atoms with Crippen LogP contribution >= 0.6 is 0 Å².